The second-order valence-corrected chi connectivity index (χ2v) is 6.62. The summed E-state index contributed by atoms with van der Waals surface area (Å²) in [5, 5.41) is -0.187. The van der Waals surface area contributed by atoms with E-state index in [1.165, 1.54) is 0 Å². The van der Waals surface area contributed by atoms with Gasteiger partial charge in [-0.3, -0.25) is 0 Å². The van der Waals surface area contributed by atoms with Crippen LogP contribution < -0.4 is 0 Å². The van der Waals surface area contributed by atoms with Crippen molar-refractivity contribution in [3.05, 3.63) is 45.8 Å². The zero-order chi connectivity index (χ0) is 15.1. The molecule has 3 rings (SSSR count). The molecule has 2 heterocycles. The molecule has 0 aliphatic rings. The van der Waals surface area contributed by atoms with Crippen molar-refractivity contribution < 1.29 is 4.42 Å². The van der Waals surface area contributed by atoms with Gasteiger partial charge in [0.05, 0.1) is 22.1 Å². The van der Waals surface area contributed by atoms with Gasteiger partial charge in [0.2, 0.25) is 5.89 Å². The lowest BCUT2D eigenvalue weighted by Gasteiger charge is -2.08. The van der Waals surface area contributed by atoms with Crippen molar-refractivity contribution >= 4 is 38.6 Å². The highest BCUT2D eigenvalue weighted by Crippen LogP contribution is 2.27. The fourth-order valence-electron chi connectivity index (χ4n) is 2.33. The SMILES string of the molecule is Cc1nc(Cn2c(C(C)Cl)nc3cc(Br)ccc32)oc1C. The van der Waals surface area contributed by atoms with Crippen LogP contribution >= 0.6 is 27.5 Å². The largest absolute Gasteiger partial charge is 0.444 e. The van der Waals surface area contributed by atoms with Crippen LogP contribution in [-0.2, 0) is 6.54 Å². The molecule has 0 amide bonds. The Morgan fingerprint density at radius 2 is 2.10 bits per heavy atom. The monoisotopic (exact) mass is 367 g/mol. The van der Waals surface area contributed by atoms with Gasteiger partial charge in [-0.1, -0.05) is 15.9 Å². The molecule has 0 aliphatic carbocycles. The maximum Gasteiger partial charge on any atom is 0.214 e. The Morgan fingerprint density at radius 3 is 2.71 bits per heavy atom. The molecule has 0 radical (unpaired) electrons. The second kappa shape index (κ2) is 5.46. The summed E-state index contributed by atoms with van der Waals surface area (Å²) in [5.74, 6) is 2.33. The standard InChI is InChI=1S/C15H15BrClN3O/c1-8(17)15-19-12-6-11(16)4-5-13(12)20(15)7-14-18-9(2)10(3)21-14/h4-6,8H,7H2,1-3H3. The van der Waals surface area contributed by atoms with E-state index in [4.69, 9.17) is 16.0 Å². The highest BCUT2D eigenvalue weighted by atomic mass is 79.9. The van der Waals surface area contributed by atoms with E-state index in [1.807, 2.05) is 39.0 Å². The van der Waals surface area contributed by atoms with Gasteiger partial charge in [-0.25, -0.2) is 9.97 Å². The quantitative estimate of drug-likeness (QED) is 0.626. The molecule has 0 saturated heterocycles. The average molecular weight is 369 g/mol. The van der Waals surface area contributed by atoms with Crippen molar-refractivity contribution in [1.29, 1.82) is 0 Å². The number of rotatable bonds is 3. The van der Waals surface area contributed by atoms with Crippen LogP contribution in [0, 0.1) is 13.8 Å². The van der Waals surface area contributed by atoms with Gasteiger partial charge in [0, 0.05) is 4.47 Å². The fourth-order valence-corrected chi connectivity index (χ4v) is 2.85. The Morgan fingerprint density at radius 1 is 1.33 bits per heavy atom. The summed E-state index contributed by atoms with van der Waals surface area (Å²) in [4.78, 5) is 9.07. The number of imidazole rings is 1. The maximum absolute atomic E-state index is 6.28. The lowest BCUT2D eigenvalue weighted by Crippen LogP contribution is -2.06. The van der Waals surface area contributed by atoms with Crippen LogP contribution in [0.4, 0.5) is 0 Å². The predicted molar refractivity (Wildman–Crippen MR) is 86.8 cm³/mol. The van der Waals surface area contributed by atoms with Gasteiger partial charge in [-0.2, -0.15) is 0 Å². The van der Waals surface area contributed by atoms with Gasteiger partial charge in [0.25, 0.3) is 0 Å². The molecule has 6 heteroatoms. The first-order valence-corrected chi connectivity index (χ1v) is 7.91. The molecular weight excluding hydrogens is 354 g/mol. The van der Waals surface area contributed by atoms with Gasteiger partial charge < -0.3 is 8.98 Å². The molecule has 0 fully saturated rings. The van der Waals surface area contributed by atoms with Crippen molar-refractivity contribution in [2.75, 3.05) is 0 Å². The predicted octanol–water partition coefficient (Wildman–Crippen LogP) is 4.75. The third-order valence-corrected chi connectivity index (χ3v) is 4.15. The Hall–Kier alpha value is -1.33. The molecule has 21 heavy (non-hydrogen) atoms. The molecule has 110 valence electrons. The lowest BCUT2D eigenvalue weighted by molar-refractivity contribution is 0.456. The minimum absolute atomic E-state index is 0.187. The van der Waals surface area contributed by atoms with E-state index in [9.17, 15) is 0 Å². The van der Waals surface area contributed by atoms with Crippen molar-refractivity contribution in [2.45, 2.75) is 32.7 Å². The van der Waals surface area contributed by atoms with Gasteiger partial charge >= 0.3 is 0 Å². The molecule has 2 aromatic heterocycles. The smallest absolute Gasteiger partial charge is 0.214 e. The minimum atomic E-state index is -0.187. The van der Waals surface area contributed by atoms with Gasteiger partial charge in [-0.05, 0) is 39.0 Å². The highest BCUT2D eigenvalue weighted by molar-refractivity contribution is 9.10. The van der Waals surface area contributed by atoms with Crippen molar-refractivity contribution in [1.82, 2.24) is 14.5 Å². The summed E-state index contributed by atoms with van der Waals surface area (Å²) in [6.45, 7) is 6.30. The van der Waals surface area contributed by atoms with Crippen LogP contribution in [0.3, 0.4) is 0 Å². The van der Waals surface area contributed by atoms with Crippen LogP contribution in [0.5, 0.6) is 0 Å². The molecule has 0 aliphatic heterocycles. The Kier molecular flexibility index (Phi) is 3.80. The van der Waals surface area contributed by atoms with E-state index in [2.05, 4.69) is 30.5 Å². The number of aryl methyl sites for hydroxylation is 2. The van der Waals surface area contributed by atoms with E-state index >= 15 is 0 Å². The van der Waals surface area contributed by atoms with Crippen LogP contribution in [0.2, 0.25) is 0 Å². The number of oxazole rings is 1. The number of hydrogen-bond donors (Lipinski definition) is 0. The molecule has 0 N–H and O–H groups in total. The summed E-state index contributed by atoms with van der Waals surface area (Å²) in [7, 11) is 0. The molecule has 3 aromatic rings. The third-order valence-electron chi connectivity index (χ3n) is 3.46. The number of benzene rings is 1. The molecule has 0 saturated carbocycles. The van der Waals surface area contributed by atoms with Gasteiger partial charge in [0.15, 0.2) is 0 Å². The van der Waals surface area contributed by atoms with Crippen molar-refractivity contribution in [2.24, 2.45) is 0 Å². The molecule has 0 bridgehead atoms. The van der Waals surface area contributed by atoms with Crippen LogP contribution in [0.25, 0.3) is 11.0 Å². The molecule has 1 aromatic carbocycles. The number of alkyl halides is 1. The first kappa shape index (κ1) is 14.6. The molecule has 1 atom stereocenters. The van der Waals surface area contributed by atoms with Gasteiger partial charge in [0.1, 0.15) is 18.1 Å². The van der Waals surface area contributed by atoms with Crippen molar-refractivity contribution in [3.63, 3.8) is 0 Å². The molecule has 0 spiro atoms. The highest BCUT2D eigenvalue weighted by Gasteiger charge is 2.17. The number of halogens is 2. The van der Waals surface area contributed by atoms with Crippen LogP contribution in [0.1, 0.15) is 35.5 Å². The Labute approximate surface area is 136 Å². The zero-order valence-corrected chi connectivity index (χ0v) is 14.4. The average Bonchev–Trinajstić information content (AvgIpc) is 2.91. The van der Waals surface area contributed by atoms with E-state index in [0.717, 1.165) is 32.8 Å². The lowest BCUT2D eigenvalue weighted by atomic mass is 10.3. The molecular formula is C15H15BrClN3O. The normalized spacial score (nSPS) is 13.0. The number of nitrogens with zero attached hydrogens (tertiary/aromatic N) is 3. The van der Waals surface area contributed by atoms with Crippen molar-refractivity contribution in [3.8, 4) is 0 Å². The summed E-state index contributed by atoms with van der Waals surface area (Å²) >= 11 is 9.75. The first-order valence-electron chi connectivity index (χ1n) is 6.68. The van der Waals surface area contributed by atoms with Gasteiger partial charge in [-0.15, -0.1) is 11.6 Å². The third kappa shape index (κ3) is 2.72. The molecule has 1 unspecified atom stereocenters. The van der Waals surface area contributed by atoms with Crippen LogP contribution in [-0.4, -0.2) is 14.5 Å². The second-order valence-electron chi connectivity index (χ2n) is 5.05. The van der Waals surface area contributed by atoms with E-state index < -0.39 is 0 Å². The Bertz CT molecular complexity index is 787. The number of fused-ring (bicyclic) bond motifs is 1. The summed E-state index contributed by atoms with van der Waals surface area (Å²) in [6.07, 6.45) is 0. The zero-order valence-electron chi connectivity index (χ0n) is 12.0. The summed E-state index contributed by atoms with van der Waals surface area (Å²) < 4.78 is 8.74. The van der Waals surface area contributed by atoms with E-state index in [1.54, 1.807) is 0 Å². The van der Waals surface area contributed by atoms with Crippen LogP contribution in [0.15, 0.2) is 27.1 Å². The number of aromatic nitrogens is 3. The molecule has 4 nitrogen and oxygen atoms in total. The first-order chi connectivity index (χ1) is 9.95. The van der Waals surface area contributed by atoms with E-state index in [0.29, 0.717) is 12.4 Å². The maximum atomic E-state index is 6.28. The number of hydrogen-bond acceptors (Lipinski definition) is 3. The minimum Gasteiger partial charge on any atom is -0.444 e. The topological polar surface area (TPSA) is 43.9 Å². The van der Waals surface area contributed by atoms with E-state index in [-0.39, 0.29) is 5.38 Å². The fraction of sp³-hybridized carbons (Fsp3) is 0.333. The summed E-state index contributed by atoms with van der Waals surface area (Å²) in [6, 6.07) is 6.01. The Balaban J connectivity index is 2.12. The summed E-state index contributed by atoms with van der Waals surface area (Å²) in [5.41, 5.74) is 2.85.